The number of amides is 1. The van der Waals surface area contributed by atoms with Gasteiger partial charge in [-0.2, -0.15) is 0 Å². The van der Waals surface area contributed by atoms with Crippen molar-refractivity contribution in [3.8, 4) is 0 Å². The van der Waals surface area contributed by atoms with Gasteiger partial charge in [-0.25, -0.2) is 0 Å². The lowest BCUT2D eigenvalue weighted by molar-refractivity contribution is 0.102. The van der Waals surface area contributed by atoms with E-state index in [2.05, 4.69) is 15.2 Å². The first-order valence-corrected chi connectivity index (χ1v) is 7.59. The van der Waals surface area contributed by atoms with E-state index in [1.165, 1.54) is 24.6 Å². The third-order valence-corrected chi connectivity index (χ3v) is 4.26. The van der Waals surface area contributed by atoms with Crippen molar-refractivity contribution in [1.82, 2.24) is 4.98 Å². The summed E-state index contributed by atoms with van der Waals surface area (Å²) >= 11 is 11.6. The van der Waals surface area contributed by atoms with Crippen LogP contribution in [-0.2, 0) is 0 Å². The first kappa shape index (κ1) is 14.3. The number of anilines is 2. The number of carbonyl (C=O) groups excluding carboxylic acids is 1. The average Bonchev–Trinajstić information content (AvgIpc) is 3.11. The first-order chi connectivity index (χ1) is 10.1. The molecule has 0 radical (unpaired) electrons. The summed E-state index contributed by atoms with van der Waals surface area (Å²) in [5.41, 5.74) is 2.27. The number of carbonyl (C=O) groups is 1. The van der Waals surface area contributed by atoms with E-state index < -0.39 is 0 Å². The van der Waals surface area contributed by atoms with E-state index in [1.807, 2.05) is 24.3 Å². The number of hydrogen-bond acceptors (Lipinski definition) is 2. The summed E-state index contributed by atoms with van der Waals surface area (Å²) in [7, 11) is 0. The Balaban J connectivity index is 1.68. The molecule has 4 nitrogen and oxygen atoms in total. The number of hydrogen-bond donors (Lipinski definition) is 2. The van der Waals surface area contributed by atoms with Crippen LogP contribution in [0.2, 0.25) is 10.2 Å². The summed E-state index contributed by atoms with van der Waals surface area (Å²) in [6, 6.07) is 9.36. The van der Waals surface area contributed by atoms with Gasteiger partial charge in [-0.1, -0.05) is 23.2 Å². The molecular formula is C15H15Cl2N3O. The lowest BCUT2D eigenvalue weighted by Crippen LogP contribution is -2.17. The van der Waals surface area contributed by atoms with Crippen LogP contribution in [0.25, 0.3) is 0 Å². The number of nitrogens with zero attached hydrogens (tertiary/aromatic N) is 1. The number of nitrogens with one attached hydrogen (secondary N) is 2. The van der Waals surface area contributed by atoms with Crippen LogP contribution in [0.5, 0.6) is 0 Å². The zero-order chi connectivity index (χ0) is 14.8. The van der Waals surface area contributed by atoms with Gasteiger partial charge in [0.1, 0.15) is 10.8 Å². The molecule has 1 fully saturated rings. The van der Waals surface area contributed by atoms with Crippen LogP contribution in [0.4, 0.5) is 11.4 Å². The molecule has 0 atom stereocenters. The van der Waals surface area contributed by atoms with E-state index >= 15 is 0 Å². The van der Waals surface area contributed by atoms with Gasteiger partial charge in [0.25, 0.3) is 5.91 Å². The minimum absolute atomic E-state index is 0.266. The Morgan fingerprint density at radius 1 is 1.14 bits per heavy atom. The highest BCUT2D eigenvalue weighted by Gasteiger charge is 2.14. The predicted molar refractivity (Wildman–Crippen MR) is 86.7 cm³/mol. The second kappa shape index (κ2) is 6.00. The molecule has 1 saturated heterocycles. The SMILES string of the molecule is O=C(Nc1ccc(N2CCCC2)cc1)c1cc(Cl)c(Cl)[nH]1. The molecule has 2 N–H and O–H groups in total. The molecule has 2 heterocycles. The fourth-order valence-electron chi connectivity index (χ4n) is 2.46. The Morgan fingerprint density at radius 3 is 2.38 bits per heavy atom. The molecule has 0 saturated carbocycles. The number of aromatic amines is 1. The van der Waals surface area contributed by atoms with E-state index in [9.17, 15) is 4.79 Å². The van der Waals surface area contributed by atoms with Crippen LogP contribution >= 0.6 is 23.2 Å². The van der Waals surface area contributed by atoms with E-state index in [1.54, 1.807) is 0 Å². The quantitative estimate of drug-likeness (QED) is 0.890. The number of aromatic nitrogens is 1. The van der Waals surface area contributed by atoms with Crippen molar-refractivity contribution in [2.24, 2.45) is 0 Å². The molecule has 3 rings (SSSR count). The van der Waals surface area contributed by atoms with Crippen molar-refractivity contribution in [2.75, 3.05) is 23.3 Å². The van der Waals surface area contributed by atoms with Crippen LogP contribution in [0.15, 0.2) is 30.3 Å². The molecule has 1 aromatic heterocycles. The molecule has 110 valence electrons. The minimum Gasteiger partial charge on any atom is -0.372 e. The maximum absolute atomic E-state index is 12.1. The van der Waals surface area contributed by atoms with Crippen molar-refractivity contribution in [2.45, 2.75) is 12.8 Å². The van der Waals surface area contributed by atoms with Crippen molar-refractivity contribution >= 4 is 40.5 Å². The summed E-state index contributed by atoms with van der Waals surface area (Å²) in [6.45, 7) is 2.20. The maximum atomic E-state index is 12.1. The highest BCUT2D eigenvalue weighted by atomic mass is 35.5. The zero-order valence-corrected chi connectivity index (χ0v) is 12.8. The Labute approximate surface area is 133 Å². The van der Waals surface area contributed by atoms with Gasteiger partial charge in [0.05, 0.1) is 5.02 Å². The molecule has 0 bridgehead atoms. The topological polar surface area (TPSA) is 48.1 Å². The van der Waals surface area contributed by atoms with Gasteiger partial charge in [0.2, 0.25) is 0 Å². The van der Waals surface area contributed by atoms with Crippen LogP contribution in [0.1, 0.15) is 23.3 Å². The molecule has 6 heteroatoms. The number of rotatable bonds is 3. The summed E-state index contributed by atoms with van der Waals surface area (Å²) in [6.07, 6.45) is 2.49. The van der Waals surface area contributed by atoms with Gasteiger partial charge < -0.3 is 15.2 Å². The van der Waals surface area contributed by atoms with Gasteiger partial charge >= 0.3 is 0 Å². The summed E-state index contributed by atoms with van der Waals surface area (Å²) < 4.78 is 0. The number of halogens is 2. The maximum Gasteiger partial charge on any atom is 0.272 e. The molecule has 1 amide bonds. The molecular weight excluding hydrogens is 309 g/mol. The van der Waals surface area contributed by atoms with Crippen molar-refractivity contribution in [3.05, 3.63) is 46.2 Å². The number of benzene rings is 1. The molecule has 0 unspecified atom stereocenters. The molecule has 1 aliphatic heterocycles. The molecule has 0 spiro atoms. The third-order valence-electron chi connectivity index (χ3n) is 3.57. The van der Waals surface area contributed by atoms with Gasteiger partial charge in [-0.15, -0.1) is 0 Å². The molecule has 1 aliphatic rings. The van der Waals surface area contributed by atoms with Crippen molar-refractivity contribution in [1.29, 1.82) is 0 Å². The smallest absolute Gasteiger partial charge is 0.272 e. The molecule has 1 aromatic carbocycles. The standard InChI is InChI=1S/C15H15Cl2N3O/c16-12-9-13(19-14(12)17)15(21)18-10-3-5-11(6-4-10)20-7-1-2-8-20/h3-6,9,19H,1-2,7-8H2,(H,18,21). The van der Waals surface area contributed by atoms with Crippen molar-refractivity contribution < 1.29 is 4.79 Å². The largest absolute Gasteiger partial charge is 0.372 e. The Bertz CT molecular complexity index is 626. The van der Waals surface area contributed by atoms with Crippen LogP contribution < -0.4 is 10.2 Å². The monoisotopic (exact) mass is 323 g/mol. The lowest BCUT2D eigenvalue weighted by atomic mass is 10.2. The number of H-pyrrole nitrogens is 1. The van der Waals surface area contributed by atoms with Crippen LogP contribution in [-0.4, -0.2) is 24.0 Å². The van der Waals surface area contributed by atoms with E-state index in [0.717, 1.165) is 18.8 Å². The highest BCUT2D eigenvalue weighted by Crippen LogP contribution is 2.24. The average molecular weight is 324 g/mol. The van der Waals surface area contributed by atoms with Gasteiger partial charge in [-0.3, -0.25) is 4.79 Å². The van der Waals surface area contributed by atoms with Crippen molar-refractivity contribution in [3.63, 3.8) is 0 Å². The van der Waals surface area contributed by atoms with Crippen LogP contribution in [0, 0.1) is 0 Å². The highest BCUT2D eigenvalue weighted by molar-refractivity contribution is 6.41. The van der Waals surface area contributed by atoms with E-state index in [4.69, 9.17) is 23.2 Å². The summed E-state index contributed by atoms with van der Waals surface area (Å²) in [4.78, 5) is 17.1. The van der Waals surface area contributed by atoms with Crippen LogP contribution in [0.3, 0.4) is 0 Å². The fraction of sp³-hybridized carbons (Fsp3) is 0.267. The fourth-order valence-corrected chi connectivity index (χ4v) is 2.77. The normalized spacial score (nSPS) is 14.5. The molecule has 21 heavy (non-hydrogen) atoms. The Hall–Kier alpha value is -1.65. The predicted octanol–water partition coefficient (Wildman–Crippen LogP) is 4.17. The zero-order valence-electron chi connectivity index (χ0n) is 11.3. The first-order valence-electron chi connectivity index (χ1n) is 6.84. The lowest BCUT2D eigenvalue weighted by Gasteiger charge is -2.17. The summed E-state index contributed by atoms with van der Waals surface area (Å²) in [5.74, 6) is -0.266. The molecule has 2 aromatic rings. The van der Waals surface area contributed by atoms with Gasteiger partial charge in [0.15, 0.2) is 0 Å². The third kappa shape index (κ3) is 3.17. The second-order valence-electron chi connectivity index (χ2n) is 5.04. The Kier molecular flexibility index (Phi) is 4.08. The van der Waals surface area contributed by atoms with Gasteiger partial charge in [0, 0.05) is 24.5 Å². The Morgan fingerprint density at radius 2 is 1.81 bits per heavy atom. The van der Waals surface area contributed by atoms with E-state index in [0.29, 0.717) is 10.7 Å². The van der Waals surface area contributed by atoms with E-state index in [-0.39, 0.29) is 11.1 Å². The minimum atomic E-state index is -0.266. The summed E-state index contributed by atoms with van der Waals surface area (Å²) in [5, 5.41) is 3.42. The second-order valence-corrected chi connectivity index (χ2v) is 5.83. The van der Waals surface area contributed by atoms with Gasteiger partial charge in [-0.05, 0) is 43.2 Å². The molecule has 0 aliphatic carbocycles.